The monoisotopic (exact) mass is 302 g/mol. The van der Waals surface area contributed by atoms with Crippen molar-refractivity contribution < 1.29 is 9.72 Å². The minimum atomic E-state index is -0.374. The van der Waals surface area contributed by atoms with Crippen LogP contribution in [0.5, 0.6) is 0 Å². The third-order valence-corrected chi connectivity index (χ3v) is 3.79. The minimum Gasteiger partial charge on any atom is -0.326 e. The van der Waals surface area contributed by atoms with Gasteiger partial charge in [-0.05, 0) is 42.8 Å². The number of aryl methyl sites for hydroxylation is 1. The van der Waals surface area contributed by atoms with Crippen LogP contribution in [0.25, 0.3) is 0 Å². The highest BCUT2D eigenvalue weighted by atomic mass is 32.2. The summed E-state index contributed by atoms with van der Waals surface area (Å²) < 4.78 is 0. The first-order valence-corrected chi connectivity index (χ1v) is 7.08. The lowest BCUT2D eigenvalue weighted by Gasteiger charge is -2.06. The largest absolute Gasteiger partial charge is 0.326 e. The smallest absolute Gasteiger partial charge is 0.283 e. The quantitative estimate of drug-likeness (QED) is 0.684. The van der Waals surface area contributed by atoms with Gasteiger partial charge in [-0.15, -0.1) is 0 Å². The van der Waals surface area contributed by atoms with Gasteiger partial charge in [-0.25, -0.2) is 0 Å². The summed E-state index contributed by atoms with van der Waals surface area (Å²) in [6.45, 7) is 3.27. The first kappa shape index (κ1) is 15.1. The Bertz CT molecular complexity index is 684. The molecule has 0 aliphatic heterocycles. The summed E-state index contributed by atoms with van der Waals surface area (Å²) in [7, 11) is 0. The van der Waals surface area contributed by atoms with Crippen molar-refractivity contribution in [1.29, 1.82) is 0 Å². The molecular formula is C15H14N2O3S. The first-order chi connectivity index (χ1) is 9.95. The van der Waals surface area contributed by atoms with E-state index in [4.69, 9.17) is 0 Å². The molecule has 1 N–H and O–H groups in total. The third-order valence-electron chi connectivity index (χ3n) is 2.71. The molecule has 0 saturated heterocycles. The zero-order chi connectivity index (χ0) is 15.4. The highest BCUT2D eigenvalue weighted by Gasteiger charge is 2.14. The molecule has 0 aliphatic carbocycles. The second-order valence-electron chi connectivity index (χ2n) is 4.54. The highest BCUT2D eigenvalue weighted by Crippen LogP contribution is 2.35. The van der Waals surface area contributed by atoms with Gasteiger partial charge in [-0.1, -0.05) is 17.8 Å². The molecule has 1 amide bonds. The fraction of sp³-hybridized carbons (Fsp3) is 0.133. The van der Waals surface area contributed by atoms with Crippen LogP contribution < -0.4 is 5.32 Å². The van der Waals surface area contributed by atoms with Crippen LogP contribution in [0.3, 0.4) is 0 Å². The Balaban J connectivity index is 2.22. The molecule has 0 atom stereocenters. The van der Waals surface area contributed by atoms with Gasteiger partial charge in [0.15, 0.2) is 0 Å². The van der Waals surface area contributed by atoms with Crippen molar-refractivity contribution in [2.24, 2.45) is 0 Å². The molecule has 0 spiro atoms. The molecular weight excluding hydrogens is 288 g/mol. The van der Waals surface area contributed by atoms with Crippen LogP contribution in [0.1, 0.15) is 12.5 Å². The van der Waals surface area contributed by atoms with Gasteiger partial charge in [0.1, 0.15) is 0 Å². The summed E-state index contributed by atoms with van der Waals surface area (Å²) in [5.41, 5.74) is 1.66. The van der Waals surface area contributed by atoms with Crippen LogP contribution in [-0.2, 0) is 4.79 Å². The van der Waals surface area contributed by atoms with E-state index in [0.29, 0.717) is 10.6 Å². The second-order valence-corrected chi connectivity index (χ2v) is 5.65. The molecule has 0 radical (unpaired) electrons. The molecule has 21 heavy (non-hydrogen) atoms. The van der Waals surface area contributed by atoms with Gasteiger partial charge in [-0.2, -0.15) is 0 Å². The Labute approximate surface area is 126 Å². The van der Waals surface area contributed by atoms with Crippen LogP contribution in [0.15, 0.2) is 52.3 Å². The fourth-order valence-corrected chi connectivity index (χ4v) is 2.69. The number of nitrogens with one attached hydrogen (secondary N) is 1. The summed E-state index contributed by atoms with van der Waals surface area (Å²) in [6.07, 6.45) is 0. The molecule has 108 valence electrons. The molecule has 2 rings (SSSR count). The van der Waals surface area contributed by atoms with E-state index in [1.54, 1.807) is 24.3 Å². The van der Waals surface area contributed by atoms with E-state index in [2.05, 4.69) is 5.32 Å². The summed E-state index contributed by atoms with van der Waals surface area (Å²) in [4.78, 5) is 23.1. The Morgan fingerprint density at radius 1 is 1.19 bits per heavy atom. The van der Waals surface area contributed by atoms with Crippen LogP contribution in [0.4, 0.5) is 11.4 Å². The van der Waals surface area contributed by atoms with Gasteiger partial charge in [0.05, 0.1) is 9.82 Å². The summed E-state index contributed by atoms with van der Waals surface area (Å²) in [5, 5.41) is 13.8. The number of hydrogen-bond acceptors (Lipinski definition) is 4. The number of carbonyl (C=O) groups excluding carboxylic acids is 1. The molecule has 6 heteroatoms. The summed E-state index contributed by atoms with van der Waals surface area (Å²) >= 11 is 1.32. The highest BCUT2D eigenvalue weighted by molar-refractivity contribution is 7.99. The summed E-state index contributed by atoms with van der Waals surface area (Å²) in [5.74, 6) is -0.135. The molecule has 0 aliphatic rings. The van der Waals surface area contributed by atoms with Crippen molar-refractivity contribution in [2.45, 2.75) is 23.6 Å². The molecule has 2 aromatic carbocycles. The number of hydrogen-bond donors (Lipinski definition) is 1. The number of nitro benzene ring substituents is 1. The number of nitro groups is 1. The zero-order valence-electron chi connectivity index (χ0n) is 11.6. The fourth-order valence-electron chi connectivity index (χ4n) is 1.79. The Kier molecular flexibility index (Phi) is 4.59. The van der Waals surface area contributed by atoms with Crippen molar-refractivity contribution in [3.63, 3.8) is 0 Å². The Morgan fingerprint density at radius 2 is 1.86 bits per heavy atom. The van der Waals surface area contributed by atoms with Gasteiger partial charge < -0.3 is 5.32 Å². The van der Waals surface area contributed by atoms with E-state index in [1.807, 2.05) is 25.1 Å². The van der Waals surface area contributed by atoms with E-state index in [-0.39, 0.29) is 16.5 Å². The lowest BCUT2D eigenvalue weighted by atomic mass is 10.2. The number of benzene rings is 2. The van der Waals surface area contributed by atoms with Crippen molar-refractivity contribution in [3.8, 4) is 0 Å². The van der Waals surface area contributed by atoms with Crippen molar-refractivity contribution in [1.82, 2.24) is 0 Å². The van der Waals surface area contributed by atoms with Gasteiger partial charge >= 0.3 is 0 Å². The number of rotatable bonds is 4. The standard InChI is InChI=1S/C15H14N2O3S/c1-10-3-8-15(14(9-10)17(19)20)21-13-6-4-12(5-7-13)16-11(2)18/h3-9H,1-2H3,(H,16,18). The Morgan fingerprint density at radius 3 is 2.43 bits per heavy atom. The topological polar surface area (TPSA) is 72.2 Å². The molecule has 2 aromatic rings. The number of nitrogens with zero attached hydrogens (tertiary/aromatic N) is 1. The van der Waals surface area contributed by atoms with E-state index in [1.165, 1.54) is 18.7 Å². The zero-order valence-corrected chi connectivity index (χ0v) is 12.4. The average Bonchev–Trinajstić information content (AvgIpc) is 2.42. The summed E-state index contributed by atoms with van der Waals surface area (Å²) in [6, 6.07) is 12.3. The molecule has 0 heterocycles. The van der Waals surface area contributed by atoms with Crippen molar-refractivity contribution in [3.05, 3.63) is 58.1 Å². The first-order valence-electron chi connectivity index (χ1n) is 6.26. The molecule has 5 nitrogen and oxygen atoms in total. The van der Waals surface area contributed by atoms with Crippen LogP contribution >= 0.6 is 11.8 Å². The molecule has 0 aromatic heterocycles. The minimum absolute atomic E-state index is 0.103. The lowest BCUT2D eigenvalue weighted by molar-refractivity contribution is -0.387. The normalized spacial score (nSPS) is 10.2. The van der Waals surface area contributed by atoms with Crippen molar-refractivity contribution in [2.75, 3.05) is 5.32 Å². The molecule has 0 unspecified atom stereocenters. The van der Waals surface area contributed by atoms with Gasteiger partial charge in [0, 0.05) is 23.6 Å². The van der Waals surface area contributed by atoms with E-state index >= 15 is 0 Å². The SMILES string of the molecule is CC(=O)Nc1ccc(Sc2ccc(C)cc2[N+](=O)[O-])cc1. The number of carbonyl (C=O) groups is 1. The van der Waals surface area contributed by atoms with Crippen LogP contribution in [0, 0.1) is 17.0 Å². The van der Waals surface area contributed by atoms with E-state index in [0.717, 1.165) is 10.5 Å². The number of amides is 1. The second kappa shape index (κ2) is 6.41. The van der Waals surface area contributed by atoms with Gasteiger partial charge in [0.25, 0.3) is 5.69 Å². The molecule has 0 bridgehead atoms. The van der Waals surface area contributed by atoms with E-state index in [9.17, 15) is 14.9 Å². The average molecular weight is 302 g/mol. The van der Waals surface area contributed by atoms with Gasteiger partial charge in [0.2, 0.25) is 5.91 Å². The number of anilines is 1. The Hall–Kier alpha value is -2.34. The molecule has 0 fully saturated rings. The van der Waals surface area contributed by atoms with Crippen LogP contribution in [0.2, 0.25) is 0 Å². The van der Waals surface area contributed by atoms with Crippen LogP contribution in [-0.4, -0.2) is 10.8 Å². The third kappa shape index (κ3) is 4.06. The predicted molar refractivity (Wildman–Crippen MR) is 82.7 cm³/mol. The maximum atomic E-state index is 11.1. The van der Waals surface area contributed by atoms with E-state index < -0.39 is 0 Å². The predicted octanol–water partition coefficient (Wildman–Crippen LogP) is 4.01. The van der Waals surface area contributed by atoms with Gasteiger partial charge in [-0.3, -0.25) is 14.9 Å². The van der Waals surface area contributed by atoms with Crippen molar-refractivity contribution >= 4 is 29.0 Å². The maximum Gasteiger partial charge on any atom is 0.283 e. The maximum absolute atomic E-state index is 11.1. The molecule has 0 saturated carbocycles. The lowest BCUT2D eigenvalue weighted by Crippen LogP contribution is -2.05.